The predicted molar refractivity (Wildman–Crippen MR) is 108 cm³/mol. The molecule has 0 unspecified atom stereocenters. The van der Waals surface area contributed by atoms with Crippen LogP contribution in [0.2, 0.25) is 0 Å². The van der Waals surface area contributed by atoms with Gasteiger partial charge in [-0.05, 0) is 29.7 Å². The minimum atomic E-state index is 0.816. The lowest BCUT2D eigenvalue weighted by Crippen LogP contribution is -2.04. The van der Waals surface area contributed by atoms with Gasteiger partial charge in [-0.15, -0.1) is 0 Å². The third-order valence-electron chi connectivity index (χ3n) is 4.19. The van der Waals surface area contributed by atoms with Crippen LogP contribution in [-0.4, -0.2) is 6.54 Å². The molecular formula is C22H30N2. The summed E-state index contributed by atoms with van der Waals surface area (Å²) in [6.07, 6.45) is 12.1. The fourth-order valence-corrected chi connectivity index (χ4v) is 2.73. The lowest BCUT2D eigenvalue weighted by Gasteiger charge is -2.10. The highest BCUT2D eigenvalue weighted by molar-refractivity contribution is 5.75. The molecule has 2 heteroatoms. The van der Waals surface area contributed by atoms with Gasteiger partial charge in [0.2, 0.25) is 0 Å². The highest BCUT2D eigenvalue weighted by atomic mass is 14.9. The first-order chi connectivity index (χ1) is 11.8. The van der Waals surface area contributed by atoms with Crippen LogP contribution in [0, 0.1) is 0 Å². The molecule has 0 heterocycles. The first-order valence-corrected chi connectivity index (χ1v) is 9.16. The van der Waals surface area contributed by atoms with E-state index < -0.39 is 0 Å². The summed E-state index contributed by atoms with van der Waals surface area (Å²) in [5.74, 6) is 0. The predicted octanol–water partition coefficient (Wildman–Crippen LogP) is 6.21. The van der Waals surface area contributed by atoms with Gasteiger partial charge >= 0.3 is 0 Å². The van der Waals surface area contributed by atoms with E-state index in [1.165, 1.54) is 44.1 Å². The number of nitrogen functional groups attached to an aromatic ring is 1. The Hall–Kier alpha value is -2.22. The first-order valence-electron chi connectivity index (χ1n) is 9.16. The molecule has 0 aromatic heterocycles. The molecule has 0 aliphatic carbocycles. The van der Waals surface area contributed by atoms with E-state index in [0.717, 1.165) is 23.5 Å². The molecule has 0 aliphatic heterocycles. The Bertz CT molecular complexity index is 617. The van der Waals surface area contributed by atoms with Crippen LogP contribution in [0.25, 0.3) is 12.2 Å². The molecular weight excluding hydrogens is 292 g/mol. The van der Waals surface area contributed by atoms with E-state index in [9.17, 15) is 0 Å². The fourth-order valence-electron chi connectivity index (χ4n) is 2.73. The second kappa shape index (κ2) is 10.5. The smallest absolute Gasteiger partial charge is 0.0574 e. The van der Waals surface area contributed by atoms with Crippen molar-refractivity contribution in [1.82, 2.24) is 0 Å². The fraction of sp³-hybridized carbons (Fsp3) is 0.364. The molecule has 3 N–H and O–H groups in total. The molecule has 24 heavy (non-hydrogen) atoms. The number of anilines is 2. The Balaban J connectivity index is 1.78. The molecule has 2 aromatic rings. The third-order valence-corrected chi connectivity index (χ3v) is 4.19. The van der Waals surface area contributed by atoms with Crippen LogP contribution in [0.1, 0.15) is 56.6 Å². The van der Waals surface area contributed by atoms with Gasteiger partial charge in [0.15, 0.2) is 0 Å². The number of benzene rings is 2. The van der Waals surface area contributed by atoms with Crippen molar-refractivity contribution in [2.75, 3.05) is 17.6 Å². The zero-order chi connectivity index (χ0) is 17.0. The van der Waals surface area contributed by atoms with Crippen molar-refractivity contribution in [2.24, 2.45) is 0 Å². The van der Waals surface area contributed by atoms with Crippen LogP contribution in [0.3, 0.4) is 0 Å². The summed E-state index contributed by atoms with van der Waals surface area (Å²) in [5.41, 5.74) is 10.4. The molecule has 2 nitrogen and oxygen atoms in total. The van der Waals surface area contributed by atoms with Crippen LogP contribution in [0.15, 0.2) is 48.5 Å². The lowest BCUT2D eigenvalue weighted by molar-refractivity contribution is 0.617. The number of hydrogen-bond donors (Lipinski definition) is 2. The second-order valence-electron chi connectivity index (χ2n) is 6.29. The SMILES string of the molecule is CCCCCCCCNc1ccc(C=Cc2ccccc2)cc1N. The molecule has 0 fully saturated rings. The van der Waals surface area contributed by atoms with E-state index in [-0.39, 0.29) is 0 Å². The largest absolute Gasteiger partial charge is 0.397 e. The Morgan fingerprint density at radius 1 is 0.833 bits per heavy atom. The maximum Gasteiger partial charge on any atom is 0.0574 e. The minimum absolute atomic E-state index is 0.816. The molecule has 0 bridgehead atoms. The maximum atomic E-state index is 6.17. The van der Waals surface area contributed by atoms with Crippen molar-refractivity contribution < 1.29 is 0 Å². The standard InChI is InChI=1S/C22H30N2/c1-2-3-4-5-6-10-17-24-22-16-15-20(18-21(22)23)14-13-19-11-8-7-9-12-19/h7-9,11-16,18,24H,2-6,10,17,23H2,1H3. The van der Waals surface area contributed by atoms with Gasteiger partial charge in [-0.1, -0.05) is 87.6 Å². The second-order valence-corrected chi connectivity index (χ2v) is 6.29. The van der Waals surface area contributed by atoms with Gasteiger partial charge in [0.05, 0.1) is 11.4 Å². The zero-order valence-electron chi connectivity index (χ0n) is 14.8. The quantitative estimate of drug-likeness (QED) is 0.310. The maximum absolute atomic E-state index is 6.17. The van der Waals surface area contributed by atoms with Gasteiger partial charge in [-0.25, -0.2) is 0 Å². The molecule has 0 spiro atoms. The lowest BCUT2D eigenvalue weighted by atomic mass is 10.1. The molecule has 0 aliphatic rings. The van der Waals surface area contributed by atoms with Crippen molar-refractivity contribution in [3.8, 4) is 0 Å². The molecule has 0 radical (unpaired) electrons. The van der Waals surface area contributed by atoms with E-state index in [2.05, 4.69) is 48.7 Å². The van der Waals surface area contributed by atoms with E-state index in [1.54, 1.807) is 0 Å². The molecule has 0 saturated heterocycles. The van der Waals surface area contributed by atoms with Crippen LogP contribution in [0.4, 0.5) is 11.4 Å². The Morgan fingerprint density at radius 2 is 1.54 bits per heavy atom. The van der Waals surface area contributed by atoms with Crippen LogP contribution in [-0.2, 0) is 0 Å². The van der Waals surface area contributed by atoms with Crippen molar-refractivity contribution >= 4 is 23.5 Å². The Labute approximate surface area is 146 Å². The summed E-state index contributed by atoms with van der Waals surface area (Å²) < 4.78 is 0. The van der Waals surface area contributed by atoms with Crippen molar-refractivity contribution in [3.05, 3.63) is 59.7 Å². The number of hydrogen-bond acceptors (Lipinski definition) is 2. The van der Waals surface area contributed by atoms with E-state index in [0.29, 0.717) is 0 Å². The summed E-state index contributed by atoms with van der Waals surface area (Å²) >= 11 is 0. The van der Waals surface area contributed by atoms with Crippen molar-refractivity contribution in [3.63, 3.8) is 0 Å². The average Bonchev–Trinajstić information content (AvgIpc) is 2.61. The number of rotatable bonds is 10. The highest BCUT2D eigenvalue weighted by Gasteiger charge is 1.99. The van der Waals surface area contributed by atoms with Crippen LogP contribution < -0.4 is 11.1 Å². The van der Waals surface area contributed by atoms with E-state index >= 15 is 0 Å². The van der Waals surface area contributed by atoms with Crippen molar-refractivity contribution in [1.29, 1.82) is 0 Å². The summed E-state index contributed by atoms with van der Waals surface area (Å²) in [6, 6.07) is 16.5. The van der Waals surface area contributed by atoms with Gasteiger partial charge in [0, 0.05) is 6.54 Å². The van der Waals surface area contributed by atoms with Crippen molar-refractivity contribution in [2.45, 2.75) is 45.4 Å². The first kappa shape index (κ1) is 18.1. The molecule has 0 amide bonds. The number of nitrogens with two attached hydrogens (primary N) is 1. The molecule has 128 valence electrons. The summed E-state index contributed by atoms with van der Waals surface area (Å²) in [4.78, 5) is 0. The zero-order valence-corrected chi connectivity index (χ0v) is 14.8. The normalized spacial score (nSPS) is 11.0. The Kier molecular flexibility index (Phi) is 7.96. The molecule has 2 rings (SSSR count). The topological polar surface area (TPSA) is 38.0 Å². The van der Waals surface area contributed by atoms with Crippen LogP contribution in [0.5, 0.6) is 0 Å². The van der Waals surface area contributed by atoms with Crippen LogP contribution >= 0.6 is 0 Å². The van der Waals surface area contributed by atoms with E-state index in [1.807, 2.05) is 24.3 Å². The third kappa shape index (κ3) is 6.49. The minimum Gasteiger partial charge on any atom is -0.397 e. The average molecular weight is 322 g/mol. The van der Waals surface area contributed by atoms with Gasteiger partial charge in [0.25, 0.3) is 0 Å². The molecule has 0 atom stereocenters. The monoisotopic (exact) mass is 322 g/mol. The number of nitrogens with one attached hydrogen (secondary N) is 1. The Morgan fingerprint density at radius 3 is 2.29 bits per heavy atom. The van der Waals surface area contributed by atoms with Gasteiger partial charge in [-0.3, -0.25) is 0 Å². The molecule has 2 aromatic carbocycles. The number of unbranched alkanes of at least 4 members (excludes halogenated alkanes) is 5. The van der Waals surface area contributed by atoms with E-state index in [4.69, 9.17) is 5.73 Å². The summed E-state index contributed by atoms with van der Waals surface area (Å²) in [5, 5.41) is 3.46. The van der Waals surface area contributed by atoms with Gasteiger partial charge < -0.3 is 11.1 Å². The summed E-state index contributed by atoms with van der Waals surface area (Å²) in [7, 11) is 0. The van der Waals surface area contributed by atoms with Gasteiger partial charge in [-0.2, -0.15) is 0 Å². The molecule has 0 saturated carbocycles. The van der Waals surface area contributed by atoms with Gasteiger partial charge in [0.1, 0.15) is 0 Å². The highest BCUT2D eigenvalue weighted by Crippen LogP contribution is 2.21. The summed E-state index contributed by atoms with van der Waals surface area (Å²) in [6.45, 7) is 3.25.